The van der Waals surface area contributed by atoms with Crippen LogP contribution in [0.5, 0.6) is 0 Å². The Morgan fingerprint density at radius 1 is 1.46 bits per heavy atom. The van der Waals surface area contributed by atoms with Crippen LogP contribution in [0.4, 0.5) is 0 Å². The summed E-state index contributed by atoms with van der Waals surface area (Å²) in [6.45, 7) is 1.04. The quantitative estimate of drug-likeness (QED) is 0.699. The molecule has 0 saturated heterocycles. The van der Waals surface area contributed by atoms with Crippen LogP contribution in [0.15, 0.2) is 21.7 Å². The van der Waals surface area contributed by atoms with E-state index in [4.69, 9.17) is 0 Å². The van der Waals surface area contributed by atoms with Crippen LogP contribution >= 0.6 is 11.3 Å². The van der Waals surface area contributed by atoms with E-state index in [1.165, 1.54) is 11.3 Å². The molecule has 1 aromatic rings. The van der Waals surface area contributed by atoms with Gasteiger partial charge in [-0.1, -0.05) is 6.07 Å². The van der Waals surface area contributed by atoms with Gasteiger partial charge < -0.3 is 5.32 Å². The molecule has 0 fully saturated rings. The van der Waals surface area contributed by atoms with E-state index >= 15 is 0 Å². The van der Waals surface area contributed by atoms with Gasteiger partial charge in [-0.15, -0.1) is 11.3 Å². The maximum atomic E-state index is 11.4. The molecule has 2 N–H and O–H groups in total. The molecule has 74 valence electrons. The minimum atomic E-state index is -3.26. The van der Waals surface area contributed by atoms with Crippen molar-refractivity contribution in [1.82, 2.24) is 10.0 Å². The highest BCUT2D eigenvalue weighted by Crippen LogP contribution is 2.14. The van der Waals surface area contributed by atoms with Crippen LogP contribution < -0.4 is 10.0 Å². The Bertz CT molecular complexity index is 331. The Kier molecular flexibility index (Phi) is 3.86. The molecule has 0 atom stereocenters. The van der Waals surface area contributed by atoms with Gasteiger partial charge in [0.2, 0.25) is 10.0 Å². The number of rotatable bonds is 5. The summed E-state index contributed by atoms with van der Waals surface area (Å²) in [4.78, 5) is 0. The number of likely N-dealkylation sites (N-methyl/N-ethyl adjacent to an activating group) is 1. The molecule has 0 amide bonds. The number of nitrogens with one attached hydrogen (secondary N) is 2. The van der Waals surface area contributed by atoms with Crippen LogP contribution in [0.1, 0.15) is 0 Å². The first-order chi connectivity index (χ1) is 6.17. The zero-order valence-electron chi connectivity index (χ0n) is 7.28. The van der Waals surface area contributed by atoms with Gasteiger partial charge in [0.05, 0.1) is 0 Å². The zero-order valence-corrected chi connectivity index (χ0v) is 8.91. The maximum absolute atomic E-state index is 11.4. The molecule has 0 unspecified atom stereocenters. The van der Waals surface area contributed by atoms with Gasteiger partial charge >= 0.3 is 0 Å². The minimum absolute atomic E-state index is 0.364. The highest BCUT2D eigenvalue weighted by atomic mass is 32.2. The molecule has 0 aliphatic heterocycles. The Morgan fingerprint density at radius 2 is 2.23 bits per heavy atom. The van der Waals surface area contributed by atoms with Crippen molar-refractivity contribution in [2.75, 3.05) is 20.1 Å². The predicted octanol–water partition coefficient (Wildman–Crippen LogP) is 0.246. The summed E-state index contributed by atoms with van der Waals surface area (Å²) >= 11 is 1.22. The van der Waals surface area contributed by atoms with E-state index in [0.717, 1.165) is 0 Å². The molecule has 0 aliphatic rings. The first kappa shape index (κ1) is 10.6. The fourth-order valence-electron chi connectivity index (χ4n) is 0.798. The van der Waals surface area contributed by atoms with E-state index in [-0.39, 0.29) is 0 Å². The third kappa shape index (κ3) is 3.07. The van der Waals surface area contributed by atoms with Gasteiger partial charge in [0.15, 0.2) is 0 Å². The summed E-state index contributed by atoms with van der Waals surface area (Å²) in [5, 5.41) is 4.60. The Balaban J connectivity index is 2.58. The van der Waals surface area contributed by atoms with E-state index < -0.39 is 10.0 Å². The van der Waals surface area contributed by atoms with Crippen molar-refractivity contribution < 1.29 is 8.42 Å². The van der Waals surface area contributed by atoms with Gasteiger partial charge in [0.25, 0.3) is 0 Å². The van der Waals surface area contributed by atoms with E-state index in [9.17, 15) is 8.42 Å². The molecule has 0 radical (unpaired) electrons. The molecular weight excluding hydrogens is 208 g/mol. The Labute approximate surface area is 82.0 Å². The molecule has 0 saturated carbocycles. The number of thiophene rings is 1. The lowest BCUT2D eigenvalue weighted by molar-refractivity contribution is 0.581. The topological polar surface area (TPSA) is 58.2 Å². The number of hydrogen-bond donors (Lipinski definition) is 2. The average molecular weight is 220 g/mol. The highest BCUT2D eigenvalue weighted by molar-refractivity contribution is 7.91. The van der Waals surface area contributed by atoms with Crippen molar-refractivity contribution in [2.24, 2.45) is 0 Å². The van der Waals surface area contributed by atoms with E-state index in [1.54, 1.807) is 24.6 Å². The molecule has 0 aromatic carbocycles. The van der Waals surface area contributed by atoms with Crippen LogP contribution in [-0.4, -0.2) is 28.6 Å². The Hall–Kier alpha value is -0.430. The SMILES string of the molecule is CNCCNS(=O)(=O)c1cccs1. The minimum Gasteiger partial charge on any atom is -0.318 e. The lowest BCUT2D eigenvalue weighted by atomic mass is 10.7. The number of hydrogen-bond acceptors (Lipinski definition) is 4. The number of sulfonamides is 1. The first-order valence-electron chi connectivity index (χ1n) is 3.84. The van der Waals surface area contributed by atoms with Crippen molar-refractivity contribution in [3.05, 3.63) is 17.5 Å². The molecule has 4 nitrogen and oxygen atoms in total. The van der Waals surface area contributed by atoms with Crippen LogP contribution in [0.3, 0.4) is 0 Å². The highest BCUT2D eigenvalue weighted by Gasteiger charge is 2.13. The first-order valence-corrected chi connectivity index (χ1v) is 6.21. The van der Waals surface area contributed by atoms with Gasteiger partial charge in [-0.2, -0.15) is 0 Å². The van der Waals surface area contributed by atoms with Crippen molar-refractivity contribution in [2.45, 2.75) is 4.21 Å². The van der Waals surface area contributed by atoms with Crippen molar-refractivity contribution in [1.29, 1.82) is 0 Å². The smallest absolute Gasteiger partial charge is 0.250 e. The summed E-state index contributed by atoms with van der Waals surface area (Å²) in [6, 6.07) is 3.31. The van der Waals surface area contributed by atoms with Crippen LogP contribution in [0, 0.1) is 0 Å². The van der Waals surface area contributed by atoms with Crippen LogP contribution in [0.2, 0.25) is 0 Å². The predicted molar refractivity (Wildman–Crippen MR) is 53.4 cm³/mol. The zero-order chi connectivity index (χ0) is 9.73. The second-order valence-electron chi connectivity index (χ2n) is 2.43. The largest absolute Gasteiger partial charge is 0.318 e. The van der Waals surface area contributed by atoms with Gasteiger partial charge in [0.1, 0.15) is 4.21 Å². The van der Waals surface area contributed by atoms with Gasteiger partial charge in [-0.25, -0.2) is 13.1 Å². The summed E-state index contributed by atoms with van der Waals surface area (Å²) in [5.74, 6) is 0. The molecule has 0 aliphatic carbocycles. The van der Waals surface area contributed by atoms with Crippen molar-refractivity contribution in [3.63, 3.8) is 0 Å². The standard InChI is InChI=1S/C7H12N2O2S2/c1-8-4-5-9-13(10,11)7-3-2-6-12-7/h2-3,6,8-9H,4-5H2,1H3. The monoisotopic (exact) mass is 220 g/mol. The second-order valence-corrected chi connectivity index (χ2v) is 5.37. The molecule has 1 rings (SSSR count). The van der Waals surface area contributed by atoms with Crippen molar-refractivity contribution in [3.8, 4) is 0 Å². The lowest BCUT2D eigenvalue weighted by Crippen LogP contribution is -2.29. The van der Waals surface area contributed by atoms with Crippen LogP contribution in [0.25, 0.3) is 0 Å². The summed E-state index contributed by atoms with van der Waals surface area (Å²) < 4.78 is 25.7. The molecule has 1 heterocycles. The molecule has 13 heavy (non-hydrogen) atoms. The Morgan fingerprint density at radius 3 is 2.77 bits per heavy atom. The van der Waals surface area contributed by atoms with E-state index in [2.05, 4.69) is 10.0 Å². The third-order valence-electron chi connectivity index (χ3n) is 1.43. The molecule has 1 aromatic heterocycles. The lowest BCUT2D eigenvalue weighted by Gasteiger charge is -2.02. The van der Waals surface area contributed by atoms with E-state index in [1.807, 2.05) is 0 Å². The maximum Gasteiger partial charge on any atom is 0.250 e. The van der Waals surface area contributed by atoms with Crippen LogP contribution in [-0.2, 0) is 10.0 Å². The molecule has 6 heteroatoms. The van der Waals surface area contributed by atoms with Gasteiger partial charge in [-0.05, 0) is 18.5 Å². The third-order valence-corrected chi connectivity index (χ3v) is 4.29. The fraction of sp³-hybridized carbons (Fsp3) is 0.429. The molecule has 0 bridgehead atoms. The normalized spacial score (nSPS) is 11.8. The summed E-state index contributed by atoms with van der Waals surface area (Å²) in [6.07, 6.45) is 0. The van der Waals surface area contributed by atoms with Crippen molar-refractivity contribution >= 4 is 21.4 Å². The molecule has 0 spiro atoms. The summed E-state index contributed by atoms with van der Waals surface area (Å²) in [5.41, 5.74) is 0. The van der Waals surface area contributed by atoms with Gasteiger partial charge in [0, 0.05) is 13.1 Å². The summed E-state index contributed by atoms with van der Waals surface area (Å²) in [7, 11) is -1.48. The fourth-order valence-corrected chi connectivity index (χ4v) is 2.87. The molecular formula is C7H12N2O2S2. The van der Waals surface area contributed by atoms with Gasteiger partial charge in [-0.3, -0.25) is 0 Å². The average Bonchev–Trinajstić information content (AvgIpc) is 2.56. The van der Waals surface area contributed by atoms with E-state index in [0.29, 0.717) is 17.3 Å². The second kappa shape index (κ2) is 4.71.